The van der Waals surface area contributed by atoms with Crippen LogP contribution in [0.3, 0.4) is 0 Å². The van der Waals surface area contributed by atoms with Gasteiger partial charge in [0, 0.05) is 0 Å². The van der Waals surface area contributed by atoms with E-state index in [1.165, 1.54) is 62.8 Å². The molecule has 0 saturated carbocycles. The lowest BCUT2D eigenvalue weighted by Gasteiger charge is -2.09. The Morgan fingerprint density at radius 3 is 1.27 bits per heavy atom. The van der Waals surface area contributed by atoms with Gasteiger partial charge in [-0.05, 0) is 84.9 Å². The van der Waals surface area contributed by atoms with Gasteiger partial charge in [-0.1, -0.05) is 12.1 Å². The van der Waals surface area contributed by atoms with E-state index in [1.54, 1.807) is 48.5 Å². The van der Waals surface area contributed by atoms with Crippen LogP contribution in [0.15, 0.2) is 107 Å². The molecule has 0 fully saturated rings. The Labute approximate surface area is 213 Å². The standard InChI is InChI=1S/C28H22O8S/c1-33-23-7-3-5-19(17-23)27(29)35-21-9-13-25(14-10-21)37(31,32)26-15-11-22(12-16-26)36-28(30)20-6-4-8-24(18-20)34-2/h3-18H,1-2H3. The fourth-order valence-corrected chi connectivity index (χ4v) is 4.60. The first-order valence-electron chi connectivity index (χ1n) is 11.0. The summed E-state index contributed by atoms with van der Waals surface area (Å²) in [5.41, 5.74) is 0.589. The van der Waals surface area contributed by atoms with Crippen molar-refractivity contribution in [2.75, 3.05) is 14.2 Å². The Morgan fingerprint density at radius 1 is 0.541 bits per heavy atom. The highest BCUT2D eigenvalue weighted by Gasteiger charge is 2.19. The number of rotatable bonds is 8. The molecule has 0 spiro atoms. The molecule has 0 heterocycles. The summed E-state index contributed by atoms with van der Waals surface area (Å²) in [6.45, 7) is 0. The van der Waals surface area contributed by atoms with Crippen LogP contribution in [-0.2, 0) is 9.84 Å². The van der Waals surface area contributed by atoms with Crippen LogP contribution in [0.5, 0.6) is 23.0 Å². The number of carbonyl (C=O) groups is 2. The molecule has 0 bridgehead atoms. The molecule has 9 heteroatoms. The molecule has 0 aliphatic carbocycles. The van der Waals surface area contributed by atoms with Crippen LogP contribution in [0.4, 0.5) is 0 Å². The minimum Gasteiger partial charge on any atom is -0.497 e. The van der Waals surface area contributed by atoms with E-state index in [0.29, 0.717) is 22.6 Å². The first kappa shape index (κ1) is 25.5. The van der Waals surface area contributed by atoms with Crippen molar-refractivity contribution >= 4 is 21.8 Å². The summed E-state index contributed by atoms with van der Waals surface area (Å²) < 4.78 is 46.9. The fourth-order valence-electron chi connectivity index (χ4n) is 3.34. The van der Waals surface area contributed by atoms with Gasteiger partial charge in [-0.2, -0.15) is 0 Å². The Kier molecular flexibility index (Phi) is 7.55. The molecule has 4 rings (SSSR count). The molecule has 4 aromatic carbocycles. The predicted molar refractivity (Wildman–Crippen MR) is 134 cm³/mol. The summed E-state index contributed by atoms with van der Waals surface area (Å²) in [6, 6.07) is 24.0. The van der Waals surface area contributed by atoms with Crippen LogP contribution >= 0.6 is 0 Å². The molecule has 8 nitrogen and oxygen atoms in total. The summed E-state index contributed by atoms with van der Waals surface area (Å²) >= 11 is 0. The molecule has 0 aliphatic rings. The second kappa shape index (κ2) is 11.0. The van der Waals surface area contributed by atoms with Crippen LogP contribution in [0, 0.1) is 0 Å². The lowest BCUT2D eigenvalue weighted by atomic mass is 10.2. The van der Waals surface area contributed by atoms with Gasteiger partial charge >= 0.3 is 11.9 Å². The van der Waals surface area contributed by atoms with E-state index >= 15 is 0 Å². The van der Waals surface area contributed by atoms with Gasteiger partial charge in [-0.15, -0.1) is 0 Å². The third-order valence-electron chi connectivity index (χ3n) is 5.30. The van der Waals surface area contributed by atoms with E-state index in [9.17, 15) is 18.0 Å². The van der Waals surface area contributed by atoms with Crippen LogP contribution in [0.25, 0.3) is 0 Å². The minimum absolute atomic E-state index is 0.00908. The summed E-state index contributed by atoms with van der Waals surface area (Å²) in [6.07, 6.45) is 0. The maximum atomic E-state index is 13.0. The first-order chi connectivity index (χ1) is 17.8. The molecule has 0 N–H and O–H groups in total. The maximum absolute atomic E-state index is 13.0. The second-order valence-corrected chi connectivity index (χ2v) is 9.64. The molecule has 4 aromatic rings. The minimum atomic E-state index is -3.87. The van der Waals surface area contributed by atoms with Crippen molar-refractivity contribution in [3.8, 4) is 23.0 Å². The van der Waals surface area contributed by atoms with Crippen LogP contribution in [0.2, 0.25) is 0 Å². The third-order valence-corrected chi connectivity index (χ3v) is 7.09. The van der Waals surface area contributed by atoms with Gasteiger partial charge < -0.3 is 18.9 Å². The van der Waals surface area contributed by atoms with Crippen LogP contribution in [-0.4, -0.2) is 34.6 Å². The molecular weight excluding hydrogens is 496 g/mol. The van der Waals surface area contributed by atoms with Gasteiger partial charge in [0.2, 0.25) is 9.84 Å². The molecular formula is C28H22O8S. The molecule has 188 valence electrons. The molecule has 0 amide bonds. The first-order valence-corrected chi connectivity index (χ1v) is 12.5. The van der Waals surface area contributed by atoms with E-state index in [1.807, 2.05) is 0 Å². The number of ether oxygens (including phenoxy) is 4. The zero-order valence-corrected chi connectivity index (χ0v) is 20.7. The lowest BCUT2D eigenvalue weighted by Crippen LogP contribution is -2.09. The van der Waals surface area contributed by atoms with E-state index in [4.69, 9.17) is 18.9 Å². The van der Waals surface area contributed by atoms with Gasteiger partial charge in [0.1, 0.15) is 23.0 Å². The Hall–Kier alpha value is -4.63. The third kappa shape index (κ3) is 5.96. The quantitative estimate of drug-likeness (QED) is 0.238. The molecule has 0 aromatic heterocycles. The van der Waals surface area contributed by atoms with Gasteiger partial charge in [0.05, 0.1) is 35.1 Å². The van der Waals surface area contributed by atoms with Crippen LogP contribution in [0.1, 0.15) is 20.7 Å². The SMILES string of the molecule is COc1cccc(C(=O)Oc2ccc(S(=O)(=O)c3ccc(OC(=O)c4cccc(OC)c4)cc3)cc2)c1. The summed E-state index contributed by atoms with van der Waals surface area (Å²) in [5.74, 6) is 0.189. The smallest absolute Gasteiger partial charge is 0.343 e. The molecule has 0 saturated heterocycles. The highest BCUT2D eigenvalue weighted by atomic mass is 32.2. The highest BCUT2D eigenvalue weighted by molar-refractivity contribution is 7.91. The Morgan fingerprint density at radius 2 is 0.919 bits per heavy atom. The second-order valence-electron chi connectivity index (χ2n) is 7.69. The Balaban J connectivity index is 1.44. The van der Waals surface area contributed by atoms with Gasteiger partial charge in [0.15, 0.2) is 0 Å². The van der Waals surface area contributed by atoms with E-state index in [0.717, 1.165) is 0 Å². The van der Waals surface area contributed by atoms with Gasteiger partial charge in [-0.3, -0.25) is 0 Å². The maximum Gasteiger partial charge on any atom is 0.343 e. The molecule has 0 unspecified atom stereocenters. The van der Waals surface area contributed by atoms with Crippen LogP contribution < -0.4 is 18.9 Å². The topological polar surface area (TPSA) is 105 Å². The average Bonchev–Trinajstić information content (AvgIpc) is 2.93. The van der Waals surface area contributed by atoms with E-state index in [2.05, 4.69) is 0 Å². The molecule has 0 atom stereocenters. The van der Waals surface area contributed by atoms with Crippen molar-refractivity contribution in [3.05, 3.63) is 108 Å². The van der Waals surface area contributed by atoms with E-state index in [-0.39, 0.29) is 21.3 Å². The number of hydrogen-bond acceptors (Lipinski definition) is 8. The lowest BCUT2D eigenvalue weighted by molar-refractivity contribution is 0.0724. The van der Waals surface area contributed by atoms with Crippen molar-refractivity contribution in [1.29, 1.82) is 0 Å². The predicted octanol–water partition coefficient (Wildman–Crippen LogP) is 4.98. The van der Waals surface area contributed by atoms with Crippen molar-refractivity contribution in [1.82, 2.24) is 0 Å². The molecule has 0 aliphatic heterocycles. The van der Waals surface area contributed by atoms with Gasteiger partial charge in [0.25, 0.3) is 0 Å². The number of carbonyl (C=O) groups excluding carboxylic acids is 2. The fraction of sp³-hybridized carbons (Fsp3) is 0.0714. The number of sulfone groups is 1. The largest absolute Gasteiger partial charge is 0.497 e. The van der Waals surface area contributed by atoms with E-state index < -0.39 is 21.8 Å². The highest BCUT2D eigenvalue weighted by Crippen LogP contribution is 2.26. The number of esters is 2. The van der Waals surface area contributed by atoms with Crippen molar-refractivity contribution in [3.63, 3.8) is 0 Å². The number of hydrogen-bond donors (Lipinski definition) is 0. The average molecular weight is 519 g/mol. The van der Waals surface area contributed by atoms with Crippen molar-refractivity contribution in [2.24, 2.45) is 0 Å². The summed E-state index contributed by atoms with van der Waals surface area (Å²) in [4.78, 5) is 24.8. The summed E-state index contributed by atoms with van der Waals surface area (Å²) in [7, 11) is -0.882. The summed E-state index contributed by atoms with van der Waals surface area (Å²) in [5, 5.41) is 0. The normalized spacial score (nSPS) is 10.9. The Bertz CT molecular complexity index is 1410. The number of benzene rings is 4. The van der Waals surface area contributed by atoms with Crippen molar-refractivity contribution in [2.45, 2.75) is 9.79 Å². The van der Waals surface area contributed by atoms with Gasteiger partial charge in [-0.25, -0.2) is 18.0 Å². The van der Waals surface area contributed by atoms with Crippen molar-refractivity contribution < 1.29 is 37.0 Å². The zero-order chi connectivity index (χ0) is 26.4. The molecule has 0 radical (unpaired) electrons. The monoisotopic (exact) mass is 518 g/mol. The zero-order valence-electron chi connectivity index (χ0n) is 19.9. The molecule has 37 heavy (non-hydrogen) atoms. The number of methoxy groups -OCH3 is 2.